The van der Waals surface area contributed by atoms with Gasteiger partial charge in [0.15, 0.2) is 0 Å². The predicted octanol–water partition coefficient (Wildman–Crippen LogP) is 2.07. The molecule has 0 saturated carbocycles. The summed E-state index contributed by atoms with van der Waals surface area (Å²) in [7, 11) is 1.57. The van der Waals surface area contributed by atoms with Crippen molar-refractivity contribution in [2.75, 3.05) is 12.4 Å². The number of nitrogens with one attached hydrogen (secondary N) is 4. The number of hydrogen-bond acceptors (Lipinski definition) is 4. The average Bonchev–Trinajstić information content (AvgIpc) is 3.00. The van der Waals surface area contributed by atoms with Crippen LogP contribution in [-0.2, 0) is 9.59 Å². The van der Waals surface area contributed by atoms with E-state index in [9.17, 15) is 14.4 Å². The van der Waals surface area contributed by atoms with Crippen LogP contribution < -0.4 is 21.1 Å². The van der Waals surface area contributed by atoms with Crippen LogP contribution in [0, 0.1) is 0 Å². The Hall–Kier alpha value is -3.55. The Kier molecular flexibility index (Phi) is 5.25. The van der Waals surface area contributed by atoms with Gasteiger partial charge in [-0.3, -0.25) is 9.59 Å². The molecule has 2 amide bonds. The average molecular weight is 368 g/mol. The molecule has 0 aliphatic carbocycles. The summed E-state index contributed by atoms with van der Waals surface area (Å²) in [6.07, 6.45) is 0.0631. The summed E-state index contributed by atoms with van der Waals surface area (Å²) in [6, 6.07) is 11.8. The van der Waals surface area contributed by atoms with Gasteiger partial charge in [0.1, 0.15) is 5.75 Å². The molecule has 1 aromatic heterocycles. The fourth-order valence-electron chi connectivity index (χ4n) is 2.84. The van der Waals surface area contributed by atoms with E-state index in [1.165, 1.54) is 6.92 Å². The first kappa shape index (κ1) is 18.2. The summed E-state index contributed by atoms with van der Waals surface area (Å²) >= 11 is 0. The molecular weight excluding hydrogens is 348 g/mol. The highest BCUT2D eigenvalue weighted by molar-refractivity contribution is 5.93. The van der Waals surface area contributed by atoms with Crippen molar-refractivity contribution >= 4 is 28.5 Å². The third-order valence-corrected chi connectivity index (χ3v) is 4.08. The lowest BCUT2D eigenvalue weighted by atomic mass is 10.0. The van der Waals surface area contributed by atoms with Crippen molar-refractivity contribution in [2.45, 2.75) is 19.4 Å². The molecule has 8 heteroatoms. The number of carbonyl (C=O) groups is 2. The van der Waals surface area contributed by atoms with Gasteiger partial charge in [0.05, 0.1) is 30.6 Å². The number of aromatic nitrogens is 2. The summed E-state index contributed by atoms with van der Waals surface area (Å²) in [6.45, 7) is 1.41. The zero-order valence-electron chi connectivity index (χ0n) is 15.0. The highest BCUT2D eigenvalue weighted by Gasteiger charge is 2.17. The number of amides is 2. The Morgan fingerprint density at radius 1 is 1.07 bits per heavy atom. The molecule has 0 aliphatic heterocycles. The van der Waals surface area contributed by atoms with Crippen LogP contribution in [0.4, 0.5) is 5.69 Å². The van der Waals surface area contributed by atoms with Crippen LogP contribution in [0.3, 0.4) is 0 Å². The van der Waals surface area contributed by atoms with Crippen molar-refractivity contribution in [2.24, 2.45) is 0 Å². The summed E-state index contributed by atoms with van der Waals surface area (Å²) in [5, 5.41) is 5.58. The molecule has 8 nitrogen and oxygen atoms in total. The van der Waals surface area contributed by atoms with Crippen LogP contribution in [-0.4, -0.2) is 28.9 Å². The lowest BCUT2D eigenvalue weighted by molar-refractivity contribution is -0.120. The van der Waals surface area contributed by atoms with Gasteiger partial charge in [-0.25, -0.2) is 4.79 Å². The molecular formula is C19H20N4O4. The minimum atomic E-state index is -0.468. The number of methoxy groups -OCH3 is 1. The summed E-state index contributed by atoms with van der Waals surface area (Å²) in [5.41, 5.74) is 2.31. The number of aromatic amines is 2. The molecule has 3 aromatic rings. The molecule has 3 rings (SSSR count). The molecule has 0 aliphatic rings. The molecule has 0 spiro atoms. The first-order valence-electron chi connectivity index (χ1n) is 8.37. The monoisotopic (exact) mass is 368 g/mol. The van der Waals surface area contributed by atoms with Crippen molar-refractivity contribution in [3.63, 3.8) is 0 Å². The van der Waals surface area contributed by atoms with Gasteiger partial charge < -0.3 is 25.3 Å². The minimum absolute atomic E-state index is 0.0631. The molecule has 1 unspecified atom stereocenters. The van der Waals surface area contributed by atoms with Gasteiger partial charge in [0, 0.05) is 12.6 Å². The minimum Gasteiger partial charge on any atom is -0.497 e. The number of rotatable bonds is 6. The van der Waals surface area contributed by atoms with E-state index in [1.807, 2.05) is 12.1 Å². The summed E-state index contributed by atoms with van der Waals surface area (Å²) in [4.78, 5) is 40.6. The van der Waals surface area contributed by atoms with Crippen LogP contribution in [0.25, 0.3) is 11.0 Å². The first-order valence-corrected chi connectivity index (χ1v) is 8.37. The van der Waals surface area contributed by atoms with Gasteiger partial charge in [-0.2, -0.15) is 0 Å². The third kappa shape index (κ3) is 4.55. The van der Waals surface area contributed by atoms with Crippen molar-refractivity contribution in [1.29, 1.82) is 0 Å². The molecule has 140 valence electrons. The molecule has 4 N–H and O–H groups in total. The van der Waals surface area contributed by atoms with Crippen LogP contribution in [0.5, 0.6) is 5.75 Å². The Morgan fingerprint density at radius 2 is 1.78 bits per heavy atom. The maximum atomic E-state index is 12.5. The Morgan fingerprint density at radius 3 is 2.44 bits per heavy atom. The molecule has 0 saturated heterocycles. The van der Waals surface area contributed by atoms with Crippen molar-refractivity contribution < 1.29 is 14.3 Å². The van der Waals surface area contributed by atoms with Crippen molar-refractivity contribution in [3.8, 4) is 5.75 Å². The van der Waals surface area contributed by atoms with E-state index in [-0.39, 0.29) is 23.9 Å². The van der Waals surface area contributed by atoms with E-state index < -0.39 is 6.04 Å². The second-order valence-electron chi connectivity index (χ2n) is 6.12. The number of fused-ring (bicyclic) bond motifs is 1. The number of H-pyrrole nitrogens is 2. The SMILES string of the molecule is COc1ccc(C(CC(=O)Nc2ccc3[nH]c(=O)[nH]c3c2)NC(C)=O)cc1. The highest BCUT2D eigenvalue weighted by atomic mass is 16.5. The Bertz CT molecular complexity index is 1020. The molecule has 27 heavy (non-hydrogen) atoms. The smallest absolute Gasteiger partial charge is 0.323 e. The van der Waals surface area contributed by atoms with Gasteiger partial charge >= 0.3 is 5.69 Å². The molecule has 0 fully saturated rings. The van der Waals surface area contributed by atoms with Gasteiger partial charge in [-0.15, -0.1) is 0 Å². The molecule has 1 atom stereocenters. The number of hydrogen-bond donors (Lipinski definition) is 4. The number of carbonyl (C=O) groups excluding carboxylic acids is 2. The van der Waals surface area contributed by atoms with E-state index in [2.05, 4.69) is 20.6 Å². The summed E-state index contributed by atoms with van der Waals surface area (Å²) < 4.78 is 5.13. The second kappa shape index (κ2) is 7.77. The number of benzene rings is 2. The van der Waals surface area contributed by atoms with Crippen LogP contribution in [0.2, 0.25) is 0 Å². The quantitative estimate of drug-likeness (QED) is 0.533. The highest BCUT2D eigenvalue weighted by Crippen LogP contribution is 2.22. The van der Waals surface area contributed by atoms with E-state index in [1.54, 1.807) is 37.4 Å². The normalized spacial score (nSPS) is 11.8. The second-order valence-corrected chi connectivity index (χ2v) is 6.12. The van der Waals surface area contributed by atoms with E-state index in [4.69, 9.17) is 4.74 Å². The van der Waals surface area contributed by atoms with Gasteiger partial charge in [0.2, 0.25) is 11.8 Å². The number of imidazole rings is 1. The predicted molar refractivity (Wildman–Crippen MR) is 102 cm³/mol. The Balaban J connectivity index is 1.74. The number of anilines is 1. The third-order valence-electron chi connectivity index (χ3n) is 4.08. The molecule has 2 aromatic carbocycles. The van der Waals surface area contributed by atoms with Crippen molar-refractivity contribution in [1.82, 2.24) is 15.3 Å². The van der Waals surface area contributed by atoms with Crippen LogP contribution >= 0.6 is 0 Å². The fraction of sp³-hybridized carbons (Fsp3) is 0.211. The molecule has 0 radical (unpaired) electrons. The topological polar surface area (TPSA) is 116 Å². The lowest BCUT2D eigenvalue weighted by Crippen LogP contribution is -2.29. The van der Waals surface area contributed by atoms with E-state index >= 15 is 0 Å². The largest absolute Gasteiger partial charge is 0.497 e. The zero-order valence-corrected chi connectivity index (χ0v) is 15.0. The van der Waals surface area contributed by atoms with Crippen molar-refractivity contribution in [3.05, 3.63) is 58.5 Å². The zero-order chi connectivity index (χ0) is 19.4. The standard InChI is InChI=1S/C19H20N4O4/c1-11(24)20-16(12-3-6-14(27-2)7-4-12)10-18(25)21-13-5-8-15-17(9-13)23-19(26)22-15/h3-9,16H,10H2,1-2H3,(H,20,24)(H,21,25)(H2,22,23,26). The number of ether oxygens (including phenoxy) is 1. The molecule has 0 bridgehead atoms. The van der Waals surface area contributed by atoms with E-state index in [0.717, 1.165) is 5.56 Å². The first-order chi connectivity index (χ1) is 12.9. The lowest BCUT2D eigenvalue weighted by Gasteiger charge is -2.18. The maximum absolute atomic E-state index is 12.5. The van der Waals surface area contributed by atoms with Gasteiger partial charge in [0.25, 0.3) is 0 Å². The summed E-state index contributed by atoms with van der Waals surface area (Å²) in [5.74, 6) is 0.204. The molecule has 1 heterocycles. The maximum Gasteiger partial charge on any atom is 0.323 e. The van der Waals surface area contributed by atoms with Gasteiger partial charge in [-0.05, 0) is 35.9 Å². The van der Waals surface area contributed by atoms with Gasteiger partial charge in [-0.1, -0.05) is 12.1 Å². The van der Waals surface area contributed by atoms with Crippen LogP contribution in [0.1, 0.15) is 24.9 Å². The van der Waals surface area contributed by atoms with Crippen LogP contribution in [0.15, 0.2) is 47.3 Å². The fourth-order valence-corrected chi connectivity index (χ4v) is 2.84. The Labute approximate surface area is 154 Å². The van der Waals surface area contributed by atoms with E-state index in [0.29, 0.717) is 22.5 Å².